The van der Waals surface area contributed by atoms with Gasteiger partial charge in [-0.15, -0.1) is 0 Å². The van der Waals surface area contributed by atoms with Crippen molar-refractivity contribution in [3.8, 4) is 5.75 Å². The van der Waals surface area contributed by atoms with E-state index in [1.54, 1.807) is 0 Å². The van der Waals surface area contributed by atoms with E-state index < -0.39 is 35.2 Å². The number of aliphatic hydroxyl groups excluding tert-OH is 1. The Kier molecular flexibility index (Phi) is 5.67. The van der Waals surface area contributed by atoms with E-state index in [0.29, 0.717) is 0 Å². The summed E-state index contributed by atoms with van der Waals surface area (Å²) in [6, 6.07) is 9.89. The molecule has 0 saturated carbocycles. The van der Waals surface area contributed by atoms with Gasteiger partial charge in [-0.05, 0) is 48.5 Å². The molecule has 170 valence electrons. The van der Waals surface area contributed by atoms with Gasteiger partial charge in [-0.1, -0.05) is 17.7 Å². The molecule has 1 aromatic heterocycles. The Morgan fingerprint density at radius 2 is 1.88 bits per heavy atom. The molecule has 3 aromatic rings. The van der Waals surface area contributed by atoms with Crippen LogP contribution in [0.5, 0.6) is 5.75 Å². The number of methoxy groups -OCH3 is 1. The zero-order valence-electron chi connectivity index (χ0n) is 16.9. The Bertz CT molecular complexity index is 1270. The van der Waals surface area contributed by atoms with Gasteiger partial charge < -0.3 is 14.3 Å². The average Bonchev–Trinajstić information content (AvgIpc) is 3.40. The summed E-state index contributed by atoms with van der Waals surface area (Å²) in [6.45, 7) is 0. The van der Waals surface area contributed by atoms with E-state index in [1.165, 1.54) is 49.8 Å². The van der Waals surface area contributed by atoms with E-state index in [-0.39, 0.29) is 33.4 Å². The number of carbonyl (C=O) groups is 2. The Hall–Kier alpha value is -3.72. The monoisotopic (exact) mass is 477 g/mol. The number of nitrogens with zero attached hydrogens (tertiary/aromatic N) is 1. The van der Waals surface area contributed by atoms with Crippen molar-refractivity contribution in [2.45, 2.75) is 12.2 Å². The summed E-state index contributed by atoms with van der Waals surface area (Å²) in [4.78, 5) is 26.9. The number of alkyl halides is 3. The molecule has 1 unspecified atom stereocenters. The van der Waals surface area contributed by atoms with Crippen molar-refractivity contribution < 1.29 is 37.0 Å². The molecule has 0 spiro atoms. The number of rotatable bonds is 4. The van der Waals surface area contributed by atoms with E-state index in [0.717, 1.165) is 23.1 Å². The summed E-state index contributed by atoms with van der Waals surface area (Å²) in [6.07, 6.45) is -3.39. The van der Waals surface area contributed by atoms with Gasteiger partial charge in [-0.2, -0.15) is 13.2 Å². The van der Waals surface area contributed by atoms with Gasteiger partial charge in [-0.25, -0.2) is 0 Å². The molecule has 1 N–H and O–H groups in total. The second-order valence-electron chi connectivity index (χ2n) is 7.08. The van der Waals surface area contributed by atoms with Gasteiger partial charge in [0.1, 0.15) is 23.3 Å². The minimum absolute atomic E-state index is 0.0311. The van der Waals surface area contributed by atoms with Crippen LogP contribution in [0.15, 0.2) is 70.9 Å². The standard InChI is InChI=1S/C23H15ClF3NO5/c1-32-16-8-7-13(24)11-15(16)20(29)18-19(17-6-3-9-33-17)28(22(31)21(18)30)14-5-2-4-12(10-14)23(25,26)27/h2-11,19,29H,1H3/b20-18-. The van der Waals surface area contributed by atoms with Crippen molar-refractivity contribution in [2.24, 2.45) is 0 Å². The number of benzene rings is 2. The van der Waals surface area contributed by atoms with Gasteiger partial charge in [-0.3, -0.25) is 14.5 Å². The third-order valence-electron chi connectivity index (χ3n) is 5.13. The quantitative estimate of drug-likeness (QED) is 0.301. The fourth-order valence-electron chi connectivity index (χ4n) is 3.66. The molecule has 2 aromatic carbocycles. The van der Waals surface area contributed by atoms with Crippen LogP contribution in [0.1, 0.15) is 22.9 Å². The van der Waals surface area contributed by atoms with Crippen LogP contribution in [0.25, 0.3) is 5.76 Å². The number of Topliss-reactive ketones (excluding diaryl/α,β-unsaturated/α-hetero) is 1. The molecule has 1 aliphatic rings. The number of hydrogen-bond donors (Lipinski definition) is 1. The first kappa shape index (κ1) is 22.5. The number of amides is 1. The van der Waals surface area contributed by atoms with Crippen LogP contribution < -0.4 is 9.64 Å². The highest BCUT2D eigenvalue weighted by atomic mass is 35.5. The van der Waals surface area contributed by atoms with Crippen LogP contribution in [0, 0.1) is 0 Å². The molecule has 33 heavy (non-hydrogen) atoms. The Morgan fingerprint density at radius 1 is 1.12 bits per heavy atom. The number of hydrogen-bond acceptors (Lipinski definition) is 5. The highest BCUT2D eigenvalue weighted by Gasteiger charge is 2.49. The molecule has 1 fully saturated rings. The lowest BCUT2D eigenvalue weighted by atomic mass is 9.98. The lowest BCUT2D eigenvalue weighted by Gasteiger charge is -2.24. The summed E-state index contributed by atoms with van der Waals surface area (Å²) >= 11 is 6.03. The lowest BCUT2D eigenvalue weighted by molar-refractivity contribution is -0.137. The predicted octanol–water partition coefficient (Wildman–Crippen LogP) is 5.59. The zero-order chi connectivity index (χ0) is 23.9. The fraction of sp³-hybridized carbons (Fsp3) is 0.130. The summed E-state index contributed by atoms with van der Waals surface area (Å²) in [5, 5.41) is 11.3. The average molecular weight is 478 g/mol. The third-order valence-corrected chi connectivity index (χ3v) is 5.36. The van der Waals surface area contributed by atoms with E-state index in [4.69, 9.17) is 20.8 Å². The highest BCUT2D eigenvalue weighted by molar-refractivity contribution is 6.51. The molecule has 0 radical (unpaired) electrons. The second-order valence-corrected chi connectivity index (χ2v) is 7.51. The van der Waals surface area contributed by atoms with Gasteiger partial charge in [0.25, 0.3) is 11.7 Å². The van der Waals surface area contributed by atoms with Gasteiger partial charge in [0, 0.05) is 10.7 Å². The molecule has 1 aliphatic heterocycles. The van der Waals surface area contributed by atoms with Crippen molar-refractivity contribution >= 4 is 34.7 Å². The predicted molar refractivity (Wildman–Crippen MR) is 113 cm³/mol. The van der Waals surface area contributed by atoms with E-state index >= 15 is 0 Å². The van der Waals surface area contributed by atoms with Crippen LogP contribution in [-0.4, -0.2) is 23.9 Å². The molecular formula is C23H15ClF3NO5. The van der Waals surface area contributed by atoms with Gasteiger partial charge in [0.15, 0.2) is 0 Å². The topological polar surface area (TPSA) is 80.0 Å². The van der Waals surface area contributed by atoms with Crippen LogP contribution in [-0.2, 0) is 15.8 Å². The van der Waals surface area contributed by atoms with Crippen LogP contribution >= 0.6 is 11.6 Å². The first-order valence-electron chi connectivity index (χ1n) is 9.49. The number of ether oxygens (including phenoxy) is 1. The maximum absolute atomic E-state index is 13.3. The minimum atomic E-state index is -4.67. The van der Waals surface area contributed by atoms with Crippen molar-refractivity contribution in [3.05, 3.63) is 88.3 Å². The van der Waals surface area contributed by atoms with Crippen molar-refractivity contribution in [1.82, 2.24) is 0 Å². The van der Waals surface area contributed by atoms with E-state index in [2.05, 4.69) is 0 Å². The molecule has 10 heteroatoms. The SMILES string of the molecule is COc1ccc(Cl)cc1/C(O)=C1/C(=O)C(=O)N(c2cccc(C(F)(F)F)c2)C1c1ccco1. The molecule has 1 saturated heterocycles. The largest absolute Gasteiger partial charge is 0.507 e. The summed E-state index contributed by atoms with van der Waals surface area (Å²) < 4.78 is 50.5. The molecule has 0 aliphatic carbocycles. The Balaban J connectivity index is 1.95. The van der Waals surface area contributed by atoms with E-state index in [1.807, 2.05) is 0 Å². The zero-order valence-corrected chi connectivity index (χ0v) is 17.6. The lowest BCUT2D eigenvalue weighted by Crippen LogP contribution is -2.29. The van der Waals surface area contributed by atoms with Crippen LogP contribution in [0.3, 0.4) is 0 Å². The molecule has 0 bridgehead atoms. The van der Waals surface area contributed by atoms with Gasteiger partial charge in [0.05, 0.1) is 30.1 Å². The fourth-order valence-corrected chi connectivity index (χ4v) is 3.83. The molecule has 2 heterocycles. The highest BCUT2D eigenvalue weighted by Crippen LogP contribution is 2.44. The Labute approximate surface area is 190 Å². The van der Waals surface area contributed by atoms with Crippen LogP contribution in [0.4, 0.5) is 18.9 Å². The van der Waals surface area contributed by atoms with Crippen molar-refractivity contribution in [1.29, 1.82) is 0 Å². The maximum Gasteiger partial charge on any atom is 0.416 e. The molecule has 1 amide bonds. The smallest absolute Gasteiger partial charge is 0.416 e. The number of furan rings is 1. The number of halogens is 4. The summed E-state index contributed by atoms with van der Waals surface area (Å²) in [5.74, 6) is -2.61. The minimum Gasteiger partial charge on any atom is -0.507 e. The number of anilines is 1. The summed E-state index contributed by atoms with van der Waals surface area (Å²) in [7, 11) is 1.34. The first-order valence-corrected chi connectivity index (χ1v) is 9.87. The maximum atomic E-state index is 13.3. The van der Waals surface area contributed by atoms with Crippen LogP contribution in [0.2, 0.25) is 5.02 Å². The molecule has 4 rings (SSSR count). The second kappa shape index (κ2) is 8.32. The number of carbonyl (C=O) groups excluding carboxylic acids is 2. The van der Waals surface area contributed by atoms with E-state index in [9.17, 15) is 27.9 Å². The molecule has 6 nitrogen and oxygen atoms in total. The number of ketones is 1. The number of aliphatic hydroxyl groups is 1. The van der Waals surface area contributed by atoms with Gasteiger partial charge in [0.2, 0.25) is 0 Å². The molecule has 1 atom stereocenters. The first-order chi connectivity index (χ1) is 15.6. The van der Waals surface area contributed by atoms with Crippen molar-refractivity contribution in [3.63, 3.8) is 0 Å². The Morgan fingerprint density at radius 3 is 2.52 bits per heavy atom. The van der Waals surface area contributed by atoms with Crippen molar-refractivity contribution in [2.75, 3.05) is 12.0 Å². The normalized spacial score (nSPS) is 18.1. The summed E-state index contributed by atoms with van der Waals surface area (Å²) in [5.41, 5.74) is -1.54. The molecular weight excluding hydrogens is 463 g/mol. The van der Waals surface area contributed by atoms with Gasteiger partial charge >= 0.3 is 6.18 Å². The third kappa shape index (κ3) is 3.95.